The van der Waals surface area contributed by atoms with Gasteiger partial charge in [-0.15, -0.1) is 0 Å². The van der Waals surface area contributed by atoms with Crippen molar-refractivity contribution in [1.29, 1.82) is 0 Å². The molecule has 0 unspecified atom stereocenters. The van der Waals surface area contributed by atoms with Gasteiger partial charge in [0.1, 0.15) is 29.9 Å². The summed E-state index contributed by atoms with van der Waals surface area (Å²) in [6, 6.07) is 8.36. The van der Waals surface area contributed by atoms with E-state index in [1.54, 1.807) is 6.07 Å². The van der Waals surface area contributed by atoms with Gasteiger partial charge in [0.25, 0.3) is 5.91 Å². The van der Waals surface area contributed by atoms with Crippen molar-refractivity contribution in [2.24, 2.45) is 0 Å². The van der Waals surface area contributed by atoms with Gasteiger partial charge in [-0.05, 0) is 48.4 Å². The number of hydrogen-bond acceptors (Lipinski definition) is 7. The standard InChI is InChI=1S/C21H23ClFNO7/c1-21(29)18(27)17(26)16(9-25)31-20(21)30-15-4-3-10(8-14(15)22)11-5-12(19(28)24-2)7-13(23)6-11/h3-8,16-18,20,25-27,29H,9H2,1-2H3,(H,24,28)/t16-,17-,18+,20+,21+/m1/s1. The molecule has 31 heavy (non-hydrogen) atoms. The van der Waals surface area contributed by atoms with Crippen molar-refractivity contribution in [2.45, 2.75) is 37.1 Å². The molecule has 1 amide bonds. The van der Waals surface area contributed by atoms with Crippen molar-refractivity contribution in [3.8, 4) is 16.9 Å². The third-order valence-corrected chi connectivity index (χ3v) is 5.44. The lowest BCUT2D eigenvalue weighted by Gasteiger charge is -2.45. The van der Waals surface area contributed by atoms with Crippen molar-refractivity contribution >= 4 is 17.5 Å². The van der Waals surface area contributed by atoms with Crippen molar-refractivity contribution in [1.82, 2.24) is 5.32 Å². The fourth-order valence-corrected chi connectivity index (χ4v) is 3.51. The summed E-state index contributed by atoms with van der Waals surface area (Å²) in [6.45, 7) is 0.614. The summed E-state index contributed by atoms with van der Waals surface area (Å²) in [5, 5.41) is 42.5. The highest BCUT2D eigenvalue weighted by Gasteiger charge is 2.53. The van der Waals surface area contributed by atoms with Crippen LogP contribution >= 0.6 is 11.6 Å². The number of carbonyl (C=O) groups excluding carboxylic acids is 1. The molecule has 0 saturated carbocycles. The summed E-state index contributed by atoms with van der Waals surface area (Å²) in [5.74, 6) is -0.955. The largest absolute Gasteiger partial charge is 0.460 e. The molecule has 0 spiro atoms. The van der Waals surface area contributed by atoms with E-state index in [1.165, 1.54) is 38.2 Å². The predicted molar refractivity (Wildman–Crippen MR) is 109 cm³/mol. The van der Waals surface area contributed by atoms with Gasteiger partial charge in [0.2, 0.25) is 6.29 Å². The molecule has 5 atom stereocenters. The summed E-state index contributed by atoms with van der Waals surface area (Å²) in [4.78, 5) is 11.8. The van der Waals surface area contributed by atoms with Crippen LogP contribution in [0.5, 0.6) is 5.75 Å². The first-order valence-electron chi connectivity index (χ1n) is 9.42. The second kappa shape index (κ2) is 9.07. The molecule has 2 aromatic carbocycles. The van der Waals surface area contributed by atoms with Crippen LogP contribution in [0.1, 0.15) is 17.3 Å². The molecular formula is C21H23ClFNO7. The molecule has 1 aliphatic heterocycles. The van der Waals surface area contributed by atoms with E-state index in [1.807, 2.05) is 0 Å². The molecule has 2 aromatic rings. The Balaban J connectivity index is 1.88. The fraction of sp³-hybridized carbons (Fsp3) is 0.381. The van der Waals surface area contributed by atoms with Crippen molar-refractivity contribution in [3.05, 3.63) is 52.8 Å². The maximum atomic E-state index is 14.0. The second-order valence-electron chi connectivity index (χ2n) is 7.42. The van der Waals surface area contributed by atoms with E-state index in [-0.39, 0.29) is 16.3 Å². The number of benzene rings is 2. The molecule has 5 N–H and O–H groups in total. The molecule has 0 aliphatic carbocycles. The van der Waals surface area contributed by atoms with Crippen LogP contribution < -0.4 is 10.1 Å². The summed E-state index contributed by atoms with van der Waals surface area (Å²) in [6.07, 6.45) is -5.77. The van der Waals surface area contributed by atoms with Crippen LogP contribution in [0.15, 0.2) is 36.4 Å². The second-order valence-corrected chi connectivity index (χ2v) is 7.83. The Morgan fingerprint density at radius 1 is 1.26 bits per heavy atom. The van der Waals surface area contributed by atoms with Gasteiger partial charge in [-0.1, -0.05) is 17.7 Å². The summed E-state index contributed by atoms with van der Waals surface area (Å²) >= 11 is 6.30. The lowest BCUT2D eigenvalue weighted by atomic mass is 9.88. The predicted octanol–water partition coefficient (Wildman–Crippen LogP) is 1.07. The Hall–Kier alpha value is -2.27. The number of hydrogen-bond donors (Lipinski definition) is 5. The van der Waals surface area contributed by atoms with Gasteiger partial charge in [0.15, 0.2) is 5.60 Å². The maximum Gasteiger partial charge on any atom is 0.251 e. The van der Waals surface area contributed by atoms with E-state index < -0.39 is 48.5 Å². The van der Waals surface area contributed by atoms with Crippen LogP contribution in [0.3, 0.4) is 0 Å². The SMILES string of the molecule is CNC(=O)c1cc(F)cc(-c2ccc(O[C@H]3O[C@H](CO)[C@@H](O)[C@H](O)[C@]3(C)O)c(Cl)c2)c1. The minimum Gasteiger partial charge on any atom is -0.460 e. The fourth-order valence-electron chi connectivity index (χ4n) is 3.29. The van der Waals surface area contributed by atoms with Crippen LogP contribution in [0.4, 0.5) is 4.39 Å². The molecule has 8 nitrogen and oxygen atoms in total. The van der Waals surface area contributed by atoms with Gasteiger partial charge in [-0.2, -0.15) is 0 Å². The van der Waals surface area contributed by atoms with E-state index in [9.17, 15) is 29.6 Å². The summed E-state index contributed by atoms with van der Waals surface area (Å²) < 4.78 is 25.0. The molecule has 0 aromatic heterocycles. The monoisotopic (exact) mass is 455 g/mol. The number of ether oxygens (including phenoxy) is 2. The van der Waals surface area contributed by atoms with E-state index in [0.717, 1.165) is 6.07 Å². The molecule has 1 aliphatic rings. The zero-order valence-corrected chi connectivity index (χ0v) is 17.5. The quantitative estimate of drug-likeness (QED) is 0.456. The molecule has 3 rings (SSSR count). The van der Waals surface area contributed by atoms with Crippen molar-refractivity contribution in [2.75, 3.05) is 13.7 Å². The first-order valence-corrected chi connectivity index (χ1v) is 9.80. The van der Waals surface area contributed by atoms with Gasteiger partial charge >= 0.3 is 0 Å². The highest BCUT2D eigenvalue weighted by Crippen LogP contribution is 2.36. The summed E-state index contributed by atoms with van der Waals surface area (Å²) in [7, 11) is 1.44. The third kappa shape index (κ3) is 4.67. The Bertz CT molecular complexity index is 971. The highest BCUT2D eigenvalue weighted by atomic mass is 35.5. The molecule has 1 fully saturated rings. The lowest BCUT2D eigenvalue weighted by Crippen LogP contribution is -2.66. The number of nitrogens with one attached hydrogen (secondary N) is 1. The number of rotatable bonds is 5. The highest BCUT2D eigenvalue weighted by molar-refractivity contribution is 6.32. The Morgan fingerprint density at radius 2 is 1.97 bits per heavy atom. The van der Waals surface area contributed by atoms with Gasteiger partial charge < -0.3 is 35.2 Å². The van der Waals surface area contributed by atoms with Gasteiger partial charge in [0, 0.05) is 12.6 Å². The van der Waals surface area contributed by atoms with Gasteiger partial charge in [-0.25, -0.2) is 4.39 Å². The van der Waals surface area contributed by atoms with E-state index in [0.29, 0.717) is 11.1 Å². The average Bonchev–Trinajstić information content (AvgIpc) is 2.74. The summed E-state index contributed by atoms with van der Waals surface area (Å²) in [5.41, 5.74) is -0.949. The van der Waals surface area contributed by atoms with Gasteiger partial charge in [0.05, 0.1) is 11.6 Å². The molecule has 168 valence electrons. The molecule has 1 saturated heterocycles. The molecule has 1 heterocycles. The lowest BCUT2D eigenvalue weighted by molar-refractivity contribution is -0.314. The van der Waals surface area contributed by atoms with E-state index in [4.69, 9.17) is 21.1 Å². The minimum atomic E-state index is -2.00. The molecule has 0 radical (unpaired) electrons. The number of aliphatic hydroxyl groups excluding tert-OH is 3. The normalized spacial score (nSPS) is 28.3. The third-order valence-electron chi connectivity index (χ3n) is 5.14. The number of aliphatic hydroxyl groups is 4. The number of amides is 1. The van der Waals surface area contributed by atoms with Crippen LogP contribution in [-0.4, -0.2) is 70.2 Å². The van der Waals surface area contributed by atoms with Crippen LogP contribution in [-0.2, 0) is 4.74 Å². The molecule has 10 heteroatoms. The van der Waals surface area contributed by atoms with Gasteiger partial charge in [-0.3, -0.25) is 4.79 Å². The maximum absolute atomic E-state index is 14.0. The molecule has 0 bridgehead atoms. The topological polar surface area (TPSA) is 128 Å². The Kier molecular flexibility index (Phi) is 6.85. The first-order chi connectivity index (χ1) is 14.6. The number of halogens is 2. The van der Waals surface area contributed by atoms with E-state index >= 15 is 0 Å². The van der Waals surface area contributed by atoms with Crippen LogP contribution in [0, 0.1) is 5.82 Å². The zero-order valence-electron chi connectivity index (χ0n) is 16.8. The number of carbonyl (C=O) groups is 1. The van der Waals surface area contributed by atoms with E-state index in [2.05, 4.69) is 5.32 Å². The van der Waals surface area contributed by atoms with Crippen molar-refractivity contribution in [3.63, 3.8) is 0 Å². The zero-order chi connectivity index (χ0) is 22.9. The Labute approximate surface area is 182 Å². The first kappa shape index (κ1) is 23.4. The van der Waals surface area contributed by atoms with Crippen LogP contribution in [0.25, 0.3) is 11.1 Å². The minimum absolute atomic E-state index is 0.0823. The average molecular weight is 456 g/mol. The van der Waals surface area contributed by atoms with Crippen LogP contribution in [0.2, 0.25) is 5.02 Å². The van der Waals surface area contributed by atoms with Crippen molar-refractivity contribution < 1.29 is 39.1 Å². The molecular weight excluding hydrogens is 433 g/mol. The Morgan fingerprint density at radius 3 is 2.58 bits per heavy atom. The smallest absolute Gasteiger partial charge is 0.251 e.